The SMILES string of the molecule is Cc1coc2nc(-c3cc(C(C)(C)C)c4cnccc4c3)cc(-c3ccc4c(CC(C)C)coc4c3)c12. The molecule has 6 rings (SSSR count). The standard InChI is InChI=1S/C33H32N2O2/c1-19(2)11-24-18-36-30-14-21(7-8-25(24)30)26-15-29(35-32-31(26)20(3)17-37-32)23-12-22-9-10-34-16-27(22)28(13-23)33(4,5)6/h7-10,12-19H,11H2,1-6H3. The fraction of sp³-hybridized carbons (Fsp3) is 0.273. The maximum atomic E-state index is 6.01. The maximum absolute atomic E-state index is 6.01. The first-order valence-electron chi connectivity index (χ1n) is 13.0. The van der Waals surface area contributed by atoms with Gasteiger partial charge in [0.05, 0.1) is 23.6 Å². The van der Waals surface area contributed by atoms with Crippen LogP contribution in [-0.4, -0.2) is 9.97 Å². The highest BCUT2D eigenvalue weighted by atomic mass is 16.3. The smallest absolute Gasteiger partial charge is 0.227 e. The summed E-state index contributed by atoms with van der Waals surface area (Å²) in [6.45, 7) is 13.3. The van der Waals surface area contributed by atoms with Crippen LogP contribution in [0.25, 0.3) is 55.2 Å². The summed E-state index contributed by atoms with van der Waals surface area (Å²) < 4.78 is 12.0. The van der Waals surface area contributed by atoms with E-state index in [-0.39, 0.29) is 5.41 Å². The normalized spacial score (nSPS) is 12.4. The molecule has 186 valence electrons. The van der Waals surface area contributed by atoms with Crippen molar-refractivity contribution in [3.8, 4) is 22.4 Å². The van der Waals surface area contributed by atoms with Crippen molar-refractivity contribution in [3.05, 3.63) is 84.1 Å². The van der Waals surface area contributed by atoms with E-state index in [4.69, 9.17) is 13.8 Å². The molecule has 37 heavy (non-hydrogen) atoms. The van der Waals surface area contributed by atoms with Gasteiger partial charge in [-0.1, -0.05) is 46.8 Å². The molecule has 0 unspecified atom stereocenters. The Bertz CT molecular complexity index is 1780. The maximum Gasteiger partial charge on any atom is 0.227 e. The van der Waals surface area contributed by atoms with Gasteiger partial charge in [-0.3, -0.25) is 4.98 Å². The zero-order valence-corrected chi connectivity index (χ0v) is 22.3. The zero-order chi connectivity index (χ0) is 25.9. The summed E-state index contributed by atoms with van der Waals surface area (Å²) in [5.74, 6) is 0.576. The topological polar surface area (TPSA) is 52.1 Å². The molecule has 0 bridgehead atoms. The second kappa shape index (κ2) is 8.58. The molecule has 0 aliphatic heterocycles. The molecule has 0 atom stereocenters. The van der Waals surface area contributed by atoms with E-state index < -0.39 is 0 Å². The van der Waals surface area contributed by atoms with Gasteiger partial charge < -0.3 is 8.83 Å². The number of benzene rings is 2. The minimum atomic E-state index is -0.0382. The van der Waals surface area contributed by atoms with E-state index in [0.29, 0.717) is 11.6 Å². The van der Waals surface area contributed by atoms with E-state index in [2.05, 4.69) is 89.0 Å². The van der Waals surface area contributed by atoms with Crippen molar-refractivity contribution in [3.63, 3.8) is 0 Å². The van der Waals surface area contributed by atoms with Crippen molar-refractivity contribution in [1.82, 2.24) is 9.97 Å². The molecular formula is C33H32N2O2. The number of fused-ring (bicyclic) bond motifs is 3. The average Bonchev–Trinajstić information content (AvgIpc) is 3.44. The van der Waals surface area contributed by atoms with E-state index in [9.17, 15) is 0 Å². The molecule has 6 aromatic rings. The first kappa shape index (κ1) is 23.5. The van der Waals surface area contributed by atoms with Gasteiger partial charge in [-0.15, -0.1) is 0 Å². The molecule has 0 amide bonds. The van der Waals surface area contributed by atoms with E-state index in [0.717, 1.165) is 50.7 Å². The molecule has 0 radical (unpaired) electrons. The third-order valence-electron chi connectivity index (χ3n) is 7.18. The van der Waals surface area contributed by atoms with Crippen LogP contribution in [0, 0.1) is 12.8 Å². The van der Waals surface area contributed by atoms with Gasteiger partial charge in [0, 0.05) is 28.7 Å². The Balaban J connectivity index is 1.57. The van der Waals surface area contributed by atoms with Crippen molar-refractivity contribution < 1.29 is 8.83 Å². The number of hydrogen-bond acceptors (Lipinski definition) is 4. The largest absolute Gasteiger partial charge is 0.464 e. The molecule has 0 saturated carbocycles. The summed E-state index contributed by atoms with van der Waals surface area (Å²) in [4.78, 5) is 9.37. The first-order valence-corrected chi connectivity index (χ1v) is 13.0. The highest BCUT2D eigenvalue weighted by Crippen LogP contribution is 2.39. The molecule has 0 saturated heterocycles. The third kappa shape index (κ3) is 4.11. The van der Waals surface area contributed by atoms with Crippen molar-refractivity contribution in [2.24, 2.45) is 5.92 Å². The van der Waals surface area contributed by atoms with E-state index in [1.807, 2.05) is 18.7 Å². The summed E-state index contributed by atoms with van der Waals surface area (Å²) >= 11 is 0. The minimum absolute atomic E-state index is 0.0382. The zero-order valence-electron chi connectivity index (χ0n) is 22.3. The molecule has 4 heterocycles. The second-order valence-corrected chi connectivity index (χ2v) is 11.6. The molecule has 0 aliphatic carbocycles. The van der Waals surface area contributed by atoms with Crippen LogP contribution in [0.2, 0.25) is 0 Å². The van der Waals surface area contributed by atoms with Crippen molar-refractivity contribution in [2.75, 3.05) is 0 Å². The number of pyridine rings is 2. The summed E-state index contributed by atoms with van der Waals surface area (Å²) in [7, 11) is 0. The molecule has 0 fully saturated rings. The van der Waals surface area contributed by atoms with Gasteiger partial charge in [0.15, 0.2) is 0 Å². The summed E-state index contributed by atoms with van der Waals surface area (Å²) in [5, 5.41) is 4.56. The van der Waals surface area contributed by atoms with Gasteiger partial charge in [0.25, 0.3) is 0 Å². The Morgan fingerprint density at radius 3 is 2.51 bits per heavy atom. The molecule has 0 spiro atoms. The van der Waals surface area contributed by atoms with Crippen molar-refractivity contribution in [1.29, 1.82) is 0 Å². The summed E-state index contributed by atoms with van der Waals surface area (Å²) in [5.41, 5.74) is 9.26. The number of rotatable bonds is 4. The van der Waals surface area contributed by atoms with Gasteiger partial charge in [-0.2, -0.15) is 0 Å². The van der Waals surface area contributed by atoms with E-state index in [1.165, 1.54) is 21.9 Å². The quantitative estimate of drug-likeness (QED) is 0.248. The van der Waals surface area contributed by atoms with Crippen LogP contribution in [0.4, 0.5) is 0 Å². The van der Waals surface area contributed by atoms with Crippen LogP contribution < -0.4 is 0 Å². The molecule has 2 aromatic carbocycles. The van der Waals surface area contributed by atoms with Gasteiger partial charge in [0.2, 0.25) is 5.71 Å². The van der Waals surface area contributed by atoms with Crippen LogP contribution in [0.5, 0.6) is 0 Å². The number of hydrogen-bond donors (Lipinski definition) is 0. The first-order chi connectivity index (χ1) is 17.7. The van der Waals surface area contributed by atoms with Crippen LogP contribution in [0.15, 0.2) is 76.2 Å². The monoisotopic (exact) mass is 488 g/mol. The lowest BCUT2D eigenvalue weighted by atomic mass is 9.82. The lowest BCUT2D eigenvalue weighted by Gasteiger charge is -2.22. The Kier molecular flexibility index (Phi) is 5.45. The summed E-state index contributed by atoms with van der Waals surface area (Å²) in [6.07, 6.45) is 8.52. The summed E-state index contributed by atoms with van der Waals surface area (Å²) in [6, 6.07) is 15.3. The number of aromatic nitrogens is 2. The lowest BCUT2D eigenvalue weighted by Crippen LogP contribution is -2.12. The van der Waals surface area contributed by atoms with Gasteiger partial charge >= 0.3 is 0 Å². The van der Waals surface area contributed by atoms with Crippen molar-refractivity contribution >= 4 is 32.8 Å². The van der Waals surface area contributed by atoms with Crippen LogP contribution in [-0.2, 0) is 11.8 Å². The Morgan fingerprint density at radius 2 is 1.73 bits per heavy atom. The van der Waals surface area contributed by atoms with Crippen molar-refractivity contribution in [2.45, 2.75) is 53.4 Å². The molecule has 4 aromatic heterocycles. The highest BCUT2D eigenvalue weighted by Gasteiger charge is 2.21. The number of furan rings is 2. The minimum Gasteiger partial charge on any atom is -0.464 e. The Labute approximate surface area is 217 Å². The number of nitrogens with zero attached hydrogens (tertiary/aromatic N) is 2. The predicted molar refractivity (Wildman–Crippen MR) is 152 cm³/mol. The van der Waals surface area contributed by atoms with Gasteiger partial charge in [0.1, 0.15) is 5.58 Å². The second-order valence-electron chi connectivity index (χ2n) is 11.6. The van der Waals surface area contributed by atoms with Crippen LogP contribution in [0.1, 0.15) is 51.3 Å². The third-order valence-corrected chi connectivity index (χ3v) is 7.18. The molecule has 0 N–H and O–H groups in total. The highest BCUT2D eigenvalue weighted by molar-refractivity contribution is 5.99. The van der Waals surface area contributed by atoms with E-state index in [1.54, 1.807) is 6.26 Å². The fourth-order valence-electron chi connectivity index (χ4n) is 5.38. The van der Waals surface area contributed by atoms with E-state index >= 15 is 0 Å². The predicted octanol–water partition coefficient (Wildman–Crippen LogP) is 9.26. The Morgan fingerprint density at radius 1 is 0.892 bits per heavy atom. The van der Waals surface area contributed by atoms with Crippen LogP contribution in [0.3, 0.4) is 0 Å². The fourth-order valence-corrected chi connectivity index (χ4v) is 5.38. The van der Waals surface area contributed by atoms with Gasteiger partial charge in [-0.25, -0.2) is 4.98 Å². The molecule has 0 aliphatic rings. The number of aryl methyl sites for hydroxylation is 1. The average molecular weight is 489 g/mol. The molecule has 4 heteroatoms. The Hall–Kier alpha value is -3.92. The lowest BCUT2D eigenvalue weighted by molar-refractivity contribution is 0.594. The van der Waals surface area contributed by atoms with Gasteiger partial charge in [-0.05, 0) is 88.2 Å². The van der Waals surface area contributed by atoms with Crippen LogP contribution >= 0.6 is 0 Å². The molecular weight excluding hydrogens is 456 g/mol. The molecule has 4 nitrogen and oxygen atoms in total.